The molecule has 112 valence electrons. The van der Waals surface area contributed by atoms with E-state index >= 15 is 0 Å². The van der Waals surface area contributed by atoms with Crippen LogP contribution < -0.4 is 10.1 Å². The van der Waals surface area contributed by atoms with Gasteiger partial charge in [0.15, 0.2) is 0 Å². The van der Waals surface area contributed by atoms with Crippen LogP contribution in [0.25, 0.3) is 0 Å². The molecule has 1 aromatic carbocycles. The van der Waals surface area contributed by atoms with E-state index in [4.69, 9.17) is 27.9 Å². The highest BCUT2D eigenvalue weighted by Gasteiger charge is 2.67. The first-order valence-electron chi connectivity index (χ1n) is 6.88. The molecule has 0 aliphatic heterocycles. The van der Waals surface area contributed by atoms with Crippen molar-refractivity contribution in [3.05, 3.63) is 27.7 Å². The normalized spacial score (nSPS) is 21.6. The highest BCUT2D eigenvalue weighted by molar-refractivity contribution is 6.34. The van der Waals surface area contributed by atoms with Gasteiger partial charge in [-0.1, -0.05) is 50.9 Å². The monoisotopic (exact) mass is 315 g/mol. The molecule has 1 unspecified atom stereocenters. The van der Waals surface area contributed by atoms with Crippen molar-refractivity contribution in [2.24, 2.45) is 16.7 Å². The van der Waals surface area contributed by atoms with Gasteiger partial charge in [0, 0.05) is 17.1 Å². The summed E-state index contributed by atoms with van der Waals surface area (Å²) >= 11 is 12.7. The molecule has 0 spiro atoms. The Morgan fingerprint density at radius 2 is 1.65 bits per heavy atom. The lowest BCUT2D eigenvalue weighted by atomic mass is 9.96. The third kappa shape index (κ3) is 2.22. The van der Waals surface area contributed by atoms with Gasteiger partial charge in [-0.2, -0.15) is 0 Å². The maximum atomic E-state index is 6.43. The maximum Gasteiger partial charge on any atom is 0.138 e. The van der Waals surface area contributed by atoms with Crippen LogP contribution in [-0.4, -0.2) is 14.2 Å². The first kappa shape index (κ1) is 15.9. The van der Waals surface area contributed by atoms with Crippen LogP contribution in [0.2, 0.25) is 10.0 Å². The van der Waals surface area contributed by atoms with E-state index < -0.39 is 0 Å². The SMILES string of the molecule is CNC(c1cc(Cl)c(OC)cc1Cl)C1C(C)(C)C1(C)C. The molecule has 1 atom stereocenters. The van der Waals surface area contributed by atoms with Crippen LogP contribution in [0.5, 0.6) is 5.75 Å². The van der Waals surface area contributed by atoms with E-state index in [0.717, 1.165) is 5.56 Å². The van der Waals surface area contributed by atoms with Gasteiger partial charge in [0.05, 0.1) is 12.1 Å². The summed E-state index contributed by atoms with van der Waals surface area (Å²) < 4.78 is 5.22. The van der Waals surface area contributed by atoms with Gasteiger partial charge < -0.3 is 10.1 Å². The molecule has 0 heterocycles. The van der Waals surface area contributed by atoms with Crippen molar-refractivity contribution in [2.75, 3.05) is 14.2 Å². The minimum Gasteiger partial charge on any atom is -0.495 e. The zero-order valence-electron chi connectivity index (χ0n) is 13.0. The zero-order chi connectivity index (χ0) is 15.3. The number of nitrogens with one attached hydrogen (secondary N) is 1. The van der Waals surface area contributed by atoms with E-state index in [0.29, 0.717) is 21.7 Å². The predicted molar refractivity (Wildman–Crippen MR) is 85.9 cm³/mol. The van der Waals surface area contributed by atoms with E-state index in [2.05, 4.69) is 33.0 Å². The van der Waals surface area contributed by atoms with Crippen LogP contribution in [0.4, 0.5) is 0 Å². The average Bonchev–Trinajstić information content (AvgIpc) is 2.76. The van der Waals surface area contributed by atoms with Crippen molar-refractivity contribution < 1.29 is 4.74 Å². The summed E-state index contributed by atoms with van der Waals surface area (Å²) in [6.45, 7) is 9.23. The molecule has 1 saturated carbocycles. The van der Waals surface area contributed by atoms with Gasteiger partial charge in [0.2, 0.25) is 0 Å². The fraction of sp³-hybridized carbons (Fsp3) is 0.625. The smallest absolute Gasteiger partial charge is 0.138 e. The lowest BCUT2D eigenvalue weighted by Crippen LogP contribution is -2.22. The number of hydrogen-bond donors (Lipinski definition) is 1. The van der Waals surface area contributed by atoms with Gasteiger partial charge in [0.1, 0.15) is 5.75 Å². The Morgan fingerprint density at radius 3 is 2.05 bits per heavy atom. The molecule has 1 aromatic rings. The van der Waals surface area contributed by atoms with E-state index in [9.17, 15) is 0 Å². The van der Waals surface area contributed by atoms with Crippen molar-refractivity contribution in [3.63, 3.8) is 0 Å². The van der Waals surface area contributed by atoms with Crippen molar-refractivity contribution >= 4 is 23.2 Å². The Morgan fingerprint density at radius 1 is 1.10 bits per heavy atom. The van der Waals surface area contributed by atoms with Crippen molar-refractivity contribution in [2.45, 2.75) is 33.7 Å². The number of rotatable bonds is 4. The molecule has 2 rings (SSSR count). The Hall–Kier alpha value is -0.440. The molecule has 1 aliphatic carbocycles. The van der Waals surface area contributed by atoms with Gasteiger partial charge in [-0.3, -0.25) is 0 Å². The Bertz CT molecular complexity index is 511. The topological polar surface area (TPSA) is 21.3 Å². The van der Waals surface area contributed by atoms with E-state index in [1.54, 1.807) is 13.2 Å². The minimum atomic E-state index is 0.191. The number of hydrogen-bond acceptors (Lipinski definition) is 2. The summed E-state index contributed by atoms with van der Waals surface area (Å²) in [6.07, 6.45) is 0. The van der Waals surface area contributed by atoms with Crippen LogP contribution in [0, 0.1) is 16.7 Å². The highest BCUT2D eigenvalue weighted by Crippen LogP contribution is 2.72. The van der Waals surface area contributed by atoms with E-state index in [1.165, 1.54) is 0 Å². The Balaban J connectivity index is 2.42. The van der Waals surface area contributed by atoms with E-state index in [-0.39, 0.29) is 16.9 Å². The molecule has 0 amide bonds. The quantitative estimate of drug-likeness (QED) is 0.849. The van der Waals surface area contributed by atoms with Crippen LogP contribution in [0.15, 0.2) is 12.1 Å². The third-order valence-corrected chi connectivity index (χ3v) is 6.01. The van der Waals surface area contributed by atoms with Gasteiger partial charge in [-0.25, -0.2) is 0 Å². The number of benzene rings is 1. The van der Waals surface area contributed by atoms with Crippen molar-refractivity contribution in [1.29, 1.82) is 0 Å². The van der Waals surface area contributed by atoms with Crippen LogP contribution in [-0.2, 0) is 0 Å². The standard InChI is InChI=1S/C16H23Cl2NO/c1-15(2)14(16(15,3)4)13(19-5)9-7-11(18)12(20-6)8-10(9)17/h7-8,13-14,19H,1-6H3. The van der Waals surface area contributed by atoms with Crippen molar-refractivity contribution in [1.82, 2.24) is 5.32 Å². The summed E-state index contributed by atoms with van der Waals surface area (Å²) in [5.41, 5.74) is 1.59. The van der Waals surface area contributed by atoms with Gasteiger partial charge >= 0.3 is 0 Å². The lowest BCUT2D eigenvalue weighted by molar-refractivity contribution is 0.412. The second-order valence-corrected chi connectivity index (χ2v) is 7.51. The zero-order valence-corrected chi connectivity index (χ0v) is 14.5. The van der Waals surface area contributed by atoms with Crippen LogP contribution in [0.1, 0.15) is 39.3 Å². The molecular weight excluding hydrogens is 293 g/mol. The first-order valence-corrected chi connectivity index (χ1v) is 7.64. The molecule has 1 N–H and O–H groups in total. The van der Waals surface area contributed by atoms with Gasteiger partial charge in [-0.05, 0) is 35.4 Å². The number of methoxy groups -OCH3 is 1. The lowest BCUT2D eigenvalue weighted by Gasteiger charge is -2.21. The van der Waals surface area contributed by atoms with Gasteiger partial charge in [-0.15, -0.1) is 0 Å². The number of ether oxygens (including phenoxy) is 1. The van der Waals surface area contributed by atoms with Crippen LogP contribution in [0.3, 0.4) is 0 Å². The summed E-state index contributed by atoms with van der Waals surface area (Å²) in [4.78, 5) is 0. The molecule has 1 aliphatic rings. The third-order valence-electron chi connectivity index (χ3n) is 5.38. The highest BCUT2D eigenvalue weighted by atomic mass is 35.5. The second kappa shape index (κ2) is 5.08. The molecule has 20 heavy (non-hydrogen) atoms. The van der Waals surface area contributed by atoms with Crippen LogP contribution >= 0.6 is 23.2 Å². The van der Waals surface area contributed by atoms with Crippen molar-refractivity contribution in [3.8, 4) is 5.75 Å². The molecule has 1 fully saturated rings. The molecule has 0 saturated heterocycles. The predicted octanol–water partition coefficient (Wildman–Crippen LogP) is 4.94. The average molecular weight is 316 g/mol. The van der Waals surface area contributed by atoms with E-state index in [1.807, 2.05) is 13.1 Å². The summed E-state index contributed by atoms with van der Waals surface area (Å²) in [6, 6.07) is 3.91. The molecule has 0 aromatic heterocycles. The fourth-order valence-electron chi connectivity index (χ4n) is 3.52. The largest absolute Gasteiger partial charge is 0.495 e. The molecule has 2 nitrogen and oxygen atoms in total. The van der Waals surface area contributed by atoms with Gasteiger partial charge in [0.25, 0.3) is 0 Å². The second-order valence-electron chi connectivity index (χ2n) is 6.70. The summed E-state index contributed by atoms with van der Waals surface area (Å²) in [7, 11) is 3.57. The first-order chi connectivity index (χ1) is 9.18. The molecule has 0 radical (unpaired) electrons. The molecule has 4 heteroatoms. The number of halogens is 2. The summed E-state index contributed by atoms with van der Waals surface area (Å²) in [5, 5.41) is 4.71. The Kier molecular flexibility index (Phi) is 4.05. The molecule has 0 bridgehead atoms. The fourth-order valence-corrected chi connectivity index (χ4v) is 4.04. The Labute approximate surface area is 131 Å². The minimum absolute atomic E-state index is 0.191. The molecular formula is C16H23Cl2NO. The summed E-state index contributed by atoms with van der Waals surface area (Å²) in [5.74, 6) is 1.13. The maximum absolute atomic E-state index is 6.43.